The lowest BCUT2D eigenvalue weighted by molar-refractivity contribution is 0.254. The molecule has 0 aromatic heterocycles. The van der Waals surface area contributed by atoms with E-state index in [-0.39, 0.29) is 0 Å². The van der Waals surface area contributed by atoms with Crippen LogP contribution in [0.1, 0.15) is 6.92 Å². The molecule has 0 spiro atoms. The van der Waals surface area contributed by atoms with E-state index in [4.69, 9.17) is 0 Å². The minimum atomic E-state index is 1.27. The van der Waals surface area contributed by atoms with Crippen LogP contribution in [0.25, 0.3) is 0 Å². The molecule has 0 aromatic rings. The summed E-state index contributed by atoms with van der Waals surface area (Å²) in [6.07, 6.45) is 1.27. The molecule has 2 heteroatoms. The van der Waals surface area contributed by atoms with Crippen molar-refractivity contribution < 1.29 is 0 Å². The molecule has 0 aromatic carbocycles. The molecule has 0 unspecified atom stereocenters. The Labute approximate surface area is 52.1 Å². The maximum atomic E-state index is 2.08. The first-order chi connectivity index (χ1) is 3.55. The Morgan fingerprint density at radius 1 is 0.875 bits per heavy atom. The summed E-state index contributed by atoms with van der Waals surface area (Å²) in [6, 6.07) is 0. The highest BCUT2D eigenvalue weighted by atomic mass is 15.3. The average molecular weight is 115 g/mol. The van der Waals surface area contributed by atoms with Crippen molar-refractivity contribution in [2.75, 3.05) is 28.2 Å². The minimum Gasteiger partial charge on any atom is -0.289 e. The van der Waals surface area contributed by atoms with Crippen LogP contribution in [0.15, 0.2) is 0 Å². The van der Waals surface area contributed by atoms with Crippen molar-refractivity contribution in [3.8, 4) is 0 Å². The molecule has 0 fully saturated rings. The topological polar surface area (TPSA) is 6.48 Å². The zero-order valence-electron chi connectivity index (χ0n) is 6.39. The molecular weight excluding hydrogens is 100 g/mol. The van der Waals surface area contributed by atoms with Gasteiger partial charge in [0.15, 0.2) is 0 Å². The fraction of sp³-hybridized carbons (Fsp3) is 0.833. The van der Waals surface area contributed by atoms with E-state index >= 15 is 0 Å². The van der Waals surface area contributed by atoms with Crippen LogP contribution in [0.4, 0.5) is 0 Å². The van der Waals surface area contributed by atoms with Crippen LogP contribution in [-0.2, 0) is 0 Å². The molecule has 0 aliphatic rings. The third-order valence-corrected chi connectivity index (χ3v) is 1.29. The highest BCUT2D eigenvalue weighted by Crippen LogP contribution is 2.02. The van der Waals surface area contributed by atoms with Crippen molar-refractivity contribution in [1.82, 2.24) is 9.80 Å². The van der Waals surface area contributed by atoms with Crippen molar-refractivity contribution in [1.29, 1.82) is 0 Å². The fourth-order valence-electron chi connectivity index (χ4n) is 0.400. The van der Waals surface area contributed by atoms with E-state index in [9.17, 15) is 0 Å². The molecule has 8 heavy (non-hydrogen) atoms. The molecule has 0 saturated heterocycles. The van der Waals surface area contributed by atoms with Gasteiger partial charge in [0.2, 0.25) is 0 Å². The molecular formula is C6H15N2. The third-order valence-electron chi connectivity index (χ3n) is 1.29. The SMILES string of the molecule is C[C](N(C)C)N(C)C. The van der Waals surface area contributed by atoms with Gasteiger partial charge < -0.3 is 0 Å². The van der Waals surface area contributed by atoms with E-state index in [0.29, 0.717) is 0 Å². The lowest BCUT2D eigenvalue weighted by Crippen LogP contribution is -2.29. The standard InChI is InChI=1S/C6H15N2/c1-6(7(2)3)8(4)5/h1-5H3. The van der Waals surface area contributed by atoms with Crippen molar-refractivity contribution in [2.45, 2.75) is 6.92 Å². The van der Waals surface area contributed by atoms with E-state index < -0.39 is 0 Å². The smallest absolute Gasteiger partial charge is 0.102 e. The van der Waals surface area contributed by atoms with Gasteiger partial charge in [-0.3, -0.25) is 9.80 Å². The van der Waals surface area contributed by atoms with Crippen LogP contribution < -0.4 is 0 Å². The summed E-state index contributed by atoms with van der Waals surface area (Å²) >= 11 is 0. The van der Waals surface area contributed by atoms with Crippen LogP contribution in [-0.4, -0.2) is 38.0 Å². The van der Waals surface area contributed by atoms with Crippen molar-refractivity contribution in [2.24, 2.45) is 0 Å². The van der Waals surface area contributed by atoms with Crippen LogP contribution >= 0.6 is 0 Å². The second kappa shape index (κ2) is 3.05. The van der Waals surface area contributed by atoms with Crippen molar-refractivity contribution in [3.05, 3.63) is 6.17 Å². The normalized spacial score (nSPS) is 12.0. The van der Waals surface area contributed by atoms with Crippen molar-refractivity contribution >= 4 is 0 Å². The molecule has 0 aliphatic carbocycles. The molecule has 2 nitrogen and oxygen atoms in total. The summed E-state index contributed by atoms with van der Waals surface area (Å²) in [4.78, 5) is 4.17. The Hall–Kier alpha value is -0.0800. The van der Waals surface area contributed by atoms with E-state index in [0.717, 1.165) is 0 Å². The molecule has 0 rings (SSSR count). The number of nitrogens with zero attached hydrogens (tertiary/aromatic N) is 2. The van der Waals surface area contributed by atoms with E-state index in [1.54, 1.807) is 0 Å². The first-order valence-electron chi connectivity index (χ1n) is 2.74. The summed E-state index contributed by atoms with van der Waals surface area (Å²) in [7, 11) is 8.15. The van der Waals surface area contributed by atoms with Gasteiger partial charge in [-0.05, 0) is 35.1 Å². The second-order valence-electron chi connectivity index (χ2n) is 2.34. The van der Waals surface area contributed by atoms with Crippen molar-refractivity contribution in [3.63, 3.8) is 0 Å². The first kappa shape index (κ1) is 7.92. The van der Waals surface area contributed by atoms with Gasteiger partial charge in [0.1, 0.15) is 6.17 Å². The Kier molecular flexibility index (Phi) is 3.02. The Bertz CT molecular complexity index is 51.5. The van der Waals surface area contributed by atoms with Crippen LogP contribution in [0.2, 0.25) is 0 Å². The molecule has 0 N–H and O–H groups in total. The minimum absolute atomic E-state index is 1.27. The Balaban J connectivity index is 3.46. The van der Waals surface area contributed by atoms with Gasteiger partial charge in [0.05, 0.1) is 0 Å². The molecule has 0 saturated carbocycles. The quantitative estimate of drug-likeness (QED) is 0.520. The third kappa shape index (κ3) is 2.28. The zero-order chi connectivity index (χ0) is 6.73. The molecule has 0 heterocycles. The fourth-order valence-corrected chi connectivity index (χ4v) is 0.400. The summed E-state index contributed by atoms with van der Waals surface area (Å²) in [5, 5.41) is 0. The molecule has 0 bridgehead atoms. The lowest BCUT2D eigenvalue weighted by atomic mass is 10.5. The molecule has 0 amide bonds. The summed E-state index contributed by atoms with van der Waals surface area (Å²) in [5.74, 6) is 0. The monoisotopic (exact) mass is 115 g/mol. The van der Waals surface area contributed by atoms with E-state index in [1.807, 2.05) is 28.2 Å². The molecule has 0 atom stereocenters. The van der Waals surface area contributed by atoms with Gasteiger partial charge in [0.25, 0.3) is 0 Å². The molecule has 1 radical (unpaired) electrons. The Morgan fingerprint density at radius 2 is 1.12 bits per heavy atom. The highest BCUT2D eigenvalue weighted by Gasteiger charge is 2.05. The van der Waals surface area contributed by atoms with Gasteiger partial charge in [0, 0.05) is 0 Å². The predicted molar refractivity (Wildman–Crippen MR) is 36.3 cm³/mol. The number of hydrogen-bond acceptors (Lipinski definition) is 2. The van der Waals surface area contributed by atoms with Gasteiger partial charge in [-0.2, -0.15) is 0 Å². The first-order valence-corrected chi connectivity index (χ1v) is 2.74. The van der Waals surface area contributed by atoms with Crippen LogP contribution in [0, 0.1) is 6.17 Å². The average Bonchev–Trinajstić information content (AvgIpc) is 1.64. The summed E-state index contributed by atoms with van der Waals surface area (Å²) in [6.45, 7) is 2.08. The largest absolute Gasteiger partial charge is 0.289 e. The second-order valence-corrected chi connectivity index (χ2v) is 2.34. The summed E-state index contributed by atoms with van der Waals surface area (Å²) < 4.78 is 0. The molecule has 0 aliphatic heterocycles. The van der Waals surface area contributed by atoms with E-state index in [2.05, 4.69) is 16.7 Å². The maximum absolute atomic E-state index is 2.08. The number of hydrogen-bond donors (Lipinski definition) is 0. The van der Waals surface area contributed by atoms with Gasteiger partial charge in [-0.25, -0.2) is 0 Å². The predicted octanol–water partition coefficient (Wildman–Crippen LogP) is 0.619. The lowest BCUT2D eigenvalue weighted by Gasteiger charge is -2.24. The highest BCUT2D eigenvalue weighted by molar-refractivity contribution is 4.75. The maximum Gasteiger partial charge on any atom is 0.102 e. The van der Waals surface area contributed by atoms with Crippen LogP contribution in [0.3, 0.4) is 0 Å². The van der Waals surface area contributed by atoms with Crippen LogP contribution in [0.5, 0.6) is 0 Å². The van der Waals surface area contributed by atoms with Gasteiger partial charge in [-0.1, -0.05) is 0 Å². The van der Waals surface area contributed by atoms with Gasteiger partial charge >= 0.3 is 0 Å². The van der Waals surface area contributed by atoms with Gasteiger partial charge in [-0.15, -0.1) is 0 Å². The molecule has 49 valence electrons. The van der Waals surface area contributed by atoms with E-state index in [1.165, 1.54) is 6.17 Å². The summed E-state index contributed by atoms with van der Waals surface area (Å²) in [5.41, 5.74) is 0. The Morgan fingerprint density at radius 3 is 1.12 bits per heavy atom. The number of rotatable bonds is 2. The zero-order valence-corrected chi connectivity index (χ0v) is 6.39.